The van der Waals surface area contributed by atoms with Crippen molar-refractivity contribution in [1.82, 2.24) is 5.32 Å². The molecule has 0 amide bonds. The van der Waals surface area contributed by atoms with E-state index in [4.69, 9.17) is 10.5 Å². The maximum Gasteiger partial charge on any atom is 0.338 e. The zero-order valence-corrected chi connectivity index (χ0v) is 10.2. The second kappa shape index (κ2) is 7.81. The molecule has 0 aliphatic rings. The monoisotopic (exact) mass is 236 g/mol. The van der Waals surface area contributed by atoms with Crippen LogP contribution < -0.4 is 11.1 Å². The van der Waals surface area contributed by atoms with Gasteiger partial charge in [-0.2, -0.15) is 0 Å². The Morgan fingerprint density at radius 3 is 2.82 bits per heavy atom. The molecular weight excluding hydrogens is 216 g/mol. The van der Waals surface area contributed by atoms with Gasteiger partial charge in [0.2, 0.25) is 0 Å². The molecular formula is C13H20N2O2. The molecule has 3 N–H and O–H groups in total. The van der Waals surface area contributed by atoms with Gasteiger partial charge in [-0.25, -0.2) is 4.79 Å². The summed E-state index contributed by atoms with van der Waals surface area (Å²) in [5.41, 5.74) is 7.08. The van der Waals surface area contributed by atoms with Gasteiger partial charge in [0.05, 0.1) is 12.7 Å². The number of hydrogen-bond donors (Lipinski definition) is 2. The highest BCUT2D eigenvalue weighted by Gasteiger charge is 2.09. The fourth-order valence-electron chi connectivity index (χ4n) is 1.68. The molecule has 0 bridgehead atoms. The van der Waals surface area contributed by atoms with Crippen LogP contribution >= 0.6 is 0 Å². The second-order valence-electron chi connectivity index (χ2n) is 3.79. The second-order valence-corrected chi connectivity index (χ2v) is 3.79. The van der Waals surface area contributed by atoms with Crippen LogP contribution in [0, 0.1) is 0 Å². The van der Waals surface area contributed by atoms with Gasteiger partial charge in [-0.3, -0.25) is 0 Å². The summed E-state index contributed by atoms with van der Waals surface area (Å²) in [7, 11) is 1.40. The van der Waals surface area contributed by atoms with Crippen LogP contribution in [0.4, 0.5) is 0 Å². The molecule has 94 valence electrons. The lowest BCUT2D eigenvalue weighted by Gasteiger charge is -2.08. The van der Waals surface area contributed by atoms with E-state index in [1.807, 2.05) is 18.2 Å². The summed E-state index contributed by atoms with van der Waals surface area (Å²) in [6, 6.07) is 7.56. The average molecular weight is 236 g/mol. The van der Waals surface area contributed by atoms with E-state index in [0.717, 1.165) is 31.5 Å². The molecule has 0 aliphatic heterocycles. The Kier molecular flexibility index (Phi) is 6.29. The predicted octanol–water partition coefficient (Wildman–Crippen LogP) is 0.954. The van der Waals surface area contributed by atoms with Crippen LogP contribution in [0.2, 0.25) is 0 Å². The van der Waals surface area contributed by atoms with E-state index >= 15 is 0 Å². The van der Waals surface area contributed by atoms with Crippen molar-refractivity contribution < 1.29 is 9.53 Å². The highest BCUT2D eigenvalue weighted by atomic mass is 16.5. The number of aryl methyl sites for hydroxylation is 1. The number of nitrogens with one attached hydrogen (secondary N) is 1. The van der Waals surface area contributed by atoms with Gasteiger partial charge >= 0.3 is 5.97 Å². The van der Waals surface area contributed by atoms with Crippen LogP contribution in [0.3, 0.4) is 0 Å². The van der Waals surface area contributed by atoms with E-state index < -0.39 is 0 Å². The summed E-state index contributed by atoms with van der Waals surface area (Å²) in [6.45, 7) is 2.39. The molecule has 0 saturated heterocycles. The van der Waals surface area contributed by atoms with Gasteiger partial charge in [-0.15, -0.1) is 0 Å². The van der Waals surface area contributed by atoms with Crippen molar-refractivity contribution in [3.63, 3.8) is 0 Å². The summed E-state index contributed by atoms with van der Waals surface area (Å²) >= 11 is 0. The molecule has 1 rings (SSSR count). The van der Waals surface area contributed by atoms with Gasteiger partial charge in [0.25, 0.3) is 0 Å². The molecule has 17 heavy (non-hydrogen) atoms. The standard InChI is InChI=1S/C13H20N2O2/c1-17-13(16)12-7-3-2-5-11(12)6-4-9-15-10-8-14/h2-3,5,7,15H,4,6,8-10,14H2,1H3. The van der Waals surface area contributed by atoms with E-state index in [1.54, 1.807) is 6.07 Å². The predicted molar refractivity (Wildman–Crippen MR) is 68.0 cm³/mol. The Morgan fingerprint density at radius 2 is 2.12 bits per heavy atom. The molecule has 0 unspecified atom stereocenters. The minimum atomic E-state index is -0.268. The zero-order chi connectivity index (χ0) is 12.5. The zero-order valence-electron chi connectivity index (χ0n) is 10.2. The number of carbonyl (C=O) groups excluding carboxylic acids is 1. The third-order valence-electron chi connectivity index (χ3n) is 2.54. The van der Waals surface area contributed by atoms with Crippen LogP contribution in [0.25, 0.3) is 0 Å². The summed E-state index contributed by atoms with van der Waals surface area (Å²) in [5.74, 6) is -0.268. The van der Waals surface area contributed by atoms with E-state index in [2.05, 4.69) is 5.32 Å². The molecule has 0 aliphatic carbocycles. The number of rotatable bonds is 7. The molecule has 1 aromatic rings. The van der Waals surface area contributed by atoms with Crippen molar-refractivity contribution >= 4 is 5.97 Å². The third kappa shape index (κ3) is 4.54. The van der Waals surface area contributed by atoms with E-state index in [1.165, 1.54) is 7.11 Å². The van der Waals surface area contributed by atoms with Crippen molar-refractivity contribution in [2.24, 2.45) is 5.73 Å². The molecule has 0 fully saturated rings. The van der Waals surface area contributed by atoms with Crippen molar-refractivity contribution in [2.75, 3.05) is 26.7 Å². The lowest BCUT2D eigenvalue weighted by Crippen LogP contribution is -2.23. The molecule has 0 spiro atoms. The number of carbonyl (C=O) groups is 1. The van der Waals surface area contributed by atoms with Gasteiger partial charge < -0.3 is 15.8 Å². The Balaban J connectivity index is 2.49. The topological polar surface area (TPSA) is 64.3 Å². The number of ether oxygens (including phenoxy) is 1. The van der Waals surface area contributed by atoms with Gasteiger partial charge in [0, 0.05) is 13.1 Å². The SMILES string of the molecule is COC(=O)c1ccccc1CCCNCCN. The number of esters is 1. The molecule has 1 aromatic carbocycles. The quantitative estimate of drug-likeness (QED) is 0.546. The van der Waals surface area contributed by atoms with Gasteiger partial charge in [0.1, 0.15) is 0 Å². The van der Waals surface area contributed by atoms with Crippen molar-refractivity contribution in [3.8, 4) is 0 Å². The molecule has 4 heteroatoms. The Morgan fingerprint density at radius 1 is 1.35 bits per heavy atom. The van der Waals surface area contributed by atoms with E-state index in [-0.39, 0.29) is 5.97 Å². The number of hydrogen-bond acceptors (Lipinski definition) is 4. The average Bonchev–Trinajstić information content (AvgIpc) is 2.38. The first kappa shape index (κ1) is 13.7. The van der Waals surface area contributed by atoms with E-state index in [9.17, 15) is 4.79 Å². The molecule has 0 atom stereocenters. The van der Waals surface area contributed by atoms with Gasteiger partial charge in [0.15, 0.2) is 0 Å². The minimum absolute atomic E-state index is 0.268. The van der Waals surface area contributed by atoms with Crippen LogP contribution in [-0.2, 0) is 11.2 Å². The van der Waals surface area contributed by atoms with Crippen molar-refractivity contribution in [1.29, 1.82) is 0 Å². The molecule has 0 heterocycles. The summed E-state index contributed by atoms with van der Waals surface area (Å²) in [4.78, 5) is 11.5. The number of nitrogens with two attached hydrogens (primary N) is 1. The maximum atomic E-state index is 11.5. The molecule has 4 nitrogen and oxygen atoms in total. The fourth-order valence-corrected chi connectivity index (χ4v) is 1.68. The number of benzene rings is 1. The largest absolute Gasteiger partial charge is 0.465 e. The summed E-state index contributed by atoms with van der Waals surface area (Å²) < 4.78 is 4.75. The first-order valence-corrected chi connectivity index (χ1v) is 5.86. The first-order chi connectivity index (χ1) is 8.29. The Hall–Kier alpha value is -1.39. The highest BCUT2D eigenvalue weighted by Crippen LogP contribution is 2.11. The highest BCUT2D eigenvalue weighted by molar-refractivity contribution is 5.90. The Labute approximate surface area is 102 Å². The van der Waals surface area contributed by atoms with Crippen molar-refractivity contribution in [2.45, 2.75) is 12.8 Å². The molecule has 0 saturated carbocycles. The lowest BCUT2D eigenvalue weighted by molar-refractivity contribution is 0.0599. The number of methoxy groups -OCH3 is 1. The Bertz CT molecular complexity index is 353. The first-order valence-electron chi connectivity index (χ1n) is 5.86. The third-order valence-corrected chi connectivity index (χ3v) is 2.54. The fraction of sp³-hybridized carbons (Fsp3) is 0.462. The maximum absolute atomic E-state index is 11.5. The summed E-state index contributed by atoms with van der Waals surface area (Å²) in [5, 5.41) is 3.23. The van der Waals surface area contributed by atoms with E-state index in [0.29, 0.717) is 12.1 Å². The van der Waals surface area contributed by atoms with Crippen LogP contribution in [0.15, 0.2) is 24.3 Å². The minimum Gasteiger partial charge on any atom is -0.465 e. The lowest BCUT2D eigenvalue weighted by atomic mass is 10.0. The normalized spacial score (nSPS) is 10.2. The van der Waals surface area contributed by atoms with Crippen LogP contribution in [0.5, 0.6) is 0 Å². The van der Waals surface area contributed by atoms with Gasteiger partial charge in [-0.1, -0.05) is 18.2 Å². The van der Waals surface area contributed by atoms with Gasteiger partial charge in [-0.05, 0) is 31.0 Å². The van der Waals surface area contributed by atoms with Crippen molar-refractivity contribution in [3.05, 3.63) is 35.4 Å². The van der Waals surface area contributed by atoms with Crippen LogP contribution in [0.1, 0.15) is 22.3 Å². The molecule has 0 radical (unpaired) electrons. The molecule has 0 aromatic heterocycles. The van der Waals surface area contributed by atoms with Crippen LogP contribution in [-0.4, -0.2) is 32.7 Å². The smallest absolute Gasteiger partial charge is 0.338 e. The summed E-state index contributed by atoms with van der Waals surface area (Å²) in [6.07, 6.45) is 1.84.